The third-order valence-electron chi connectivity index (χ3n) is 4.73. The highest BCUT2D eigenvalue weighted by Gasteiger charge is 2.38. The van der Waals surface area contributed by atoms with Crippen LogP contribution in [0, 0.1) is 0 Å². The van der Waals surface area contributed by atoms with Crippen LogP contribution < -0.4 is 14.8 Å². The summed E-state index contributed by atoms with van der Waals surface area (Å²) in [6.07, 6.45) is 0.384. The maximum atomic E-state index is 10.8. The van der Waals surface area contributed by atoms with Crippen molar-refractivity contribution in [2.24, 2.45) is 0 Å². The van der Waals surface area contributed by atoms with Gasteiger partial charge in [0, 0.05) is 5.56 Å². The fraction of sp³-hybridized carbons (Fsp3) is 0.333. The highest BCUT2D eigenvalue weighted by molar-refractivity contribution is 5.84. The fourth-order valence-electron chi connectivity index (χ4n) is 3.79. The van der Waals surface area contributed by atoms with Crippen LogP contribution in [-0.4, -0.2) is 25.9 Å². The van der Waals surface area contributed by atoms with Gasteiger partial charge in [-0.2, -0.15) is 0 Å². The van der Waals surface area contributed by atoms with E-state index in [1.807, 2.05) is 30.3 Å². The molecular formula is C18H19NO3. The van der Waals surface area contributed by atoms with E-state index in [1.165, 1.54) is 5.56 Å². The Morgan fingerprint density at radius 1 is 1.18 bits per heavy atom. The summed E-state index contributed by atoms with van der Waals surface area (Å²) in [4.78, 5) is 0. The van der Waals surface area contributed by atoms with Crippen molar-refractivity contribution in [1.82, 2.24) is 5.32 Å². The van der Waals surface area contributed by atoms with Crippen molar-refractivity contribution >= 4 is 0 Å². The average molecular weight is 297 g/mol. The molecule has 0 bridgehead atoms. The molecule has 2 unspecified atom stereocenters. The van der Waals surface area contributed by atoms with Crippen LogP contribution in [0.25, 0.3) is 11.1 Å². The lowest BCUT2D eigenvalue weighted by Crippen LogP contribution is -2.36. The molecule has 2 aromatic rings. The Labute approximate surface area is 129 Å². The second kappa shape index (κ2) is 5.00. The normalized spacial score (nSPS) is 21.8. The molecule has 2 aliphatic rings. The molecule has 22 heavy (non-hydrogen) atoms. The Kier molecular flexibility index (Phi) is 3.10. The maximum absolute atomic E-state index is 10.8. The Morgan fingerprint density at radius 2 is 2.00 bits per heavy atom. The third-order valence-corrected chi connectivity index (χ3v) is 4.73. The number of hydrogen-bond donors (Lipinski definition) is 2. The van der Waals surface area contributed by atoms with Gasteiger partial charge >= 0.3 is 0 Å². The standard InChI is InChI=1S/C18H19NO3/c1-21-13-9-10-7-8-19-16-14(10)15(18(13)22-2)11-5-3-4-6-12(11)17(16)20/h3-6,9,16-17,19-20H,7-8H2,1-2H3. The molecule has 4 nitrogen and oxygen atoms in total. The van der Waals surface area contributed by atoms with Crippen LogP contribution in [-0.2, 0) is 6.42 Å². The molecule has 0 fully saturated rings. The molecule has 1 aliphatic heterocycles. The Morgan fingerprint density at radius 3 is 2.77 bits per heavy atom. The van der Waals surface area contributed by atoms with Crippen LogP contribution in [0.2, 0.25) is 0 Å². The summed E-state index contributed by atoms with van der Waals surface area (Å²) in [5, 5.41) is 14.2. The van der Waals surface area contributed by atoms with E-state index >= 15 is 0 Å². The maximum Gasteiger partial charge on any atom is 0.168 e. The number of nitrogens with one attached hydrogen (secondary N) is 1. The van der Waals surface area contributed by atoms with E-state index in [2.05, 4.69) is 5.32 Å². The summed E-state index contributed by atoms with van der Waals surface area (Å²) in [6, 6.07) is 9.94. The smallest absolute Gasteiger partial charge is 0.168 e. The molecule has 0 aromatic heterocycles. The highest BCUT2D eigenvalue weighted by atomic mass is 16.5. The van der Waals surface area contributed by atoms with Crippen LogP contribution in [0.15, 0.2) is 30.3 Å². The molecule has 0 amide bonds. The number of aliphatic hydroxyl groups is 1. The van der Waals surface area contributed by atoms with E-state index in [4.69, 9.17) is 9.47 Å². The molecule has 4 rings (SSSR count). The van der Waals surface area contributed by atoms with Gasteiger partial charge in [-0.15, -0.1) is 0 Å². The monoisotopic (exact) mass is 297 g/mol. The molecule has 2 N–H and O–H groups in total. The second-order valence-electron chi connectivity index (χ2n) is 5.77. The van der Waals surface area contributed by atoms with E-state index in [9.17, 15) is 5.11 Å². The van der Waals surface area contributed by atoms with Crippen LogP contribution in [0.1, 0.15) is 28.8 Å². The van der Waals surface area contributed by atoms with Gasteiger partial charge in [-0.05, 0) is 41.3 Å². The van der Waals surface area contributed by atoms with Crippen molar-refractivity contribution in [3.8, 4) is 22.6 Å². The largest absolute Gasteiger partial charge is 0.493 e. The molecule has 0 spiro atoms. The van der Waals surface area contributed by atoms with Crippen LogP contribution in [0.3, 0.4) is 0 Å². The number of methoxy groups -OCH3 is 2. The first-order chi connectivity index (χ1) is 10.8. The molecule has 0 saturated carbocycles. The van der Waals surface area contributed by atoms with Crippen molar-refractivity contribution < 1.29 is 14.6 Å². The van der Waals surface area contributed by atoms with Gasteiger partial charge in [0.2, 0.25) is 0 Å². The lowest BCUT2D eigenvalue weighted by Gasteiger charge is -2.38. The zero-order chi connectivity index (χ0) is 15.3. The number of hydrogen-bond acceptors (Lipinski definition) is 4. The van der Waals surface area contributed by atoms with Gasteiger partial charge in [-0.3, -0.25) is 0 Å². The molecule has 1 heterocycles. The second-order valence-corrected chi connectivity index (χ2v) is 5.77. The van der Waals surface area contributed by atoms with E-state index in [-0.39, 0.29) is 6.04 Å². The quantitative estimate of drug-likeness (QED) is 0.894. The first-order valence-electron chi connectivity index (χ1n) is 7.54. The third kappa shape index (κ3) is 1.71. The Bertz CT molecular complexity index is 741. The van der Waals surface area contributed by atoms with Crippen molar-refractivity contribution in [2.45, 2.75) is 18.6 Å². The minimum absolute atomic E-state index is 0.0894. The van der Waals surface area contributed by atoms with Crippen molar-refractivity contribution in [3.63, 3.8) is 0 Å². The van der Waals surface area contributed by atoms with Crippen molar-refractivity contribution in [1.29, 1.82) is 0 Å². The van der Waals surface area contributed by atoms with Crippen LogP contribution in [0.4, 0.5) is 0 Å². The number of aliphatic hydroxyl groups excluding tert-OH is 1. The number of benzene rings is 2. The zero-order valence-electron chi connectivity index (χ0n) is 12.7. The van der Waals surface area contributed by atoms with Gasteiger partial charge in [0.05, 0.1) is 26.4 Å². The molecular weight excluding hydrogens is 278 g/mol. The van der Waals surface area contributed by atoms with E-state index in [0.717, 1.165) is 46.7 Å². The van der Waals surface area contributed by atoms with Gasteiger partial charge in [0.25, 0.3) is 0 Å². The number of rotatable bonds is 2. The average Bonchev–Trinajstić information content (AvgIpc) is 2.58. The summed E-state index contributed by atoms with van der Waals surface area (Å²) < 4.78 is 11.2. The van der Waals surface area contributed by atoms with Crippen molar-refractivity contribution in [2.75, 3.05) is 20.8 Å². The minimum Gasteiger partial charge on any atom is -0.493 e. The van der Waals surface area contributed by atoms with Gasteiger partial charge in [-0.25, -0.2) is 0 Å². The summed E-state index contributed by atoms with van der Waals surface area (Å²) in [5.74, 6) is 1.50. The number of ether oxygens (including phenoxy) is 2. The van der Waals surface area contributed by atoms with Crippen molar-refractivity contribution in [3.05, 3.63) is 47.0 Å². The zero-order valence-corrected chi connectivity index (χ0v) is 12.7. The molecule has 1 aliphatic carbocycles. The molecule has 4 heteroatoms. The van der Waals surface area contributed by atoms with E-state index < -0.39 is 6.10 Å². The predicted molar refractivity (Wildman–Crippen MR) is 84.4 cm³/mol. The molecule has 2 atom stereocenters. The van der Waals surface area contributed by atoms with Crippen LogP contribution in [0.5, 0.6) is 11.5 Å². The molecule has 114 valence electrons. The van der Waals surface area contributed by atoms with Gasteiger partial charge in [-0.1, -0.05) is 24.3 Å². The minimum atomic E-state index is -0.541. The van der Waals surface area contributed by atoms with E-state index in [1.54, 1.807) is 14.2 Å². The first kappa shape index (κ1) is 13.6. The Balaban J connectivity index is 2.11. The predicted octanol–water partition coefficient (Wildman–Crippen LogP) is 2.60. The van der Waals surface area contributed by atoms with Crippen LogP contribution >= 0.6 is 0 Å². The highest BCUT2D eigenvalue weighted by Crippen LogP contribution is 2.53. The molecule has 0 radical (unpaired) electrons. The molecule has 0 saturated heterocycles. The van der Waals surface area contributed by atoms with Gasteiger partial charge < -0.3 is 19.9 Å². The van der Waals surface area contributed by atoms with E-state index in [0.29, 0.717) is 0 Å². The lowest BCUT2D eigenvalue weighted by atomic mass is 9.76. The van der Waals surface area contributed by atoms with Gasteiger partial charge in [0.1, 0.15) is 0 Å². The lowest BCUT2D eigenvalue weighted by molar-refractivity contribution is 0.123. The Hall–Kier alpha value is -2.04. The summed E-state index contributed by atoms with van der Waals surface area (Å²) >= 11 is 0. The topological polar surface area (TPSA) is 50.7 Å². The summed E-state index contributed by atoms with van der Waals surface area (Å²) in [6.45, 7) is 0.853. The fourth-order valence-corrected chi connectivity index (χ4v) is 3.79. The molecule has 2 aromatic carbocycles. The number of fused-ring (bicyclic) bond motifs is 2. The SMILES string of the molecule is COc1cc2c3c(c1OC)-c1ccccc1C(O)C3NCC2. The first-order valence-corrected chi connectivity index (χ1v) is 7.54. The van der Waals surface area contributed by atoms with Gasteiger partial charge in [0.15, 0.2) is 11.5 Å². The summed E-state index contributed by atoms with van der Waals surface area (Å²) in [7, 11) is 3.33. The summed E-state index contributed by atoms with van der Waals surface area (Å²) in [5.41, 5.74) is 5.39.